The maximum Gasteiger partial charge on any atom is 0.338 e. The van der Waals surface area contributed by atoms with Gasteiger partial charge in [0, 0.05) is 0 Å². The van der Waals surface area contributed by atoms with E-state index in [2.05, 4.69) is 10.1 Å². The number of carbonyl (C=O) groups excluding carboxylic acids is 1. The zero-order chi connectivity index (χ0) is 15.4. The molecule has 0 N–H and O–H groups in total. The number of benzene rings is 2. The van der Waals surface area contributed by atoms with Crippen molar-refractivity contribution in [2.45, 2.75) is 6.54 Å². The monoisotopic (exact) mass is 293 g/mol. The summed E-state index contributed by atoms with van der Waals surface area (Å²) in [6.45, 7) is 0.666. The van der Waals surface area contributed by atoms with E-state index in [-0.39, 0.29) is 5.97 Å². The first-order valence-electron chi connectivity index (χ1n) is 6.87. The molecular weight excluding hydrogens is 278 g/mol. The van der Waals surface area contributed by atoms with Crippen molar-refractivity contribution in [3.63, 3.8) is 0 Å². The largest absolute Gasteiger partial charge is 0.465 e. The van der Waals surface area contributed by atoms with Crippen LogP contribution in [0, 0.1) is 0 Å². The van der Waals surface area contributed by atoms with E-state index in [0.29, 0.717) is 12.1 Å². The average Bonchev–Trinajstić information content (AvgIpc) is 3.08. The number of aromatic nitrogens is 3. The molecule has 0 aliphatic heterocycles. The quantitative estimate of drug-likeness (QED) is 0.694. The van der Waals surface area contributed by atoms with E-state index in [1.807, 2.05) is 42.5 Å². The Kier molecular flexibility index (Phi) is 3.96. The second-order valence-corrected chi connectivity index (χ2v) is 4.83. The first kappa shape index (κ1) is 14.0. The standard InChI is InChI=1S/C17H15N3O2/c1-22-17(21)16-5-3-2-4-15(16)14-8-6-13(7-9-14)10-20-12-18-11-19-20/h2-9,11-12H,10H2,1H3. The summed E-state index contributed by atoms with van der Waals surface area (Å²) in [4.78, 5) is 15.8. The highest BCUT2D eigenvalue weighted by molar-refractivity contribution is 5.97. The lowest BCUT2D eigenvalue weighted by Crippen LogP contribution is -2.03. The molecule has 0 spiro atoms. The highest BCUT2D eigenvalue weighted by Gasteiger charge is 2.12. The molecule has 0 saturated carbocycles. The number of hydrogen-bond donors (Lipinski definition) is 0. The lowest BCUT2D eigenvalue weighted by atomic mass is 9.99. The summed E-state index contributed by atoms with van der Waals surface area (Å²) in [6, 6.07) is 15.4. The Bertz CT molecular complexity index is 765. The Morgan fingerprint density at radius 3 is 2.59 bits per heavy atom. The van der Waals surface area contributed by atoms with E-state index in [9.17, 15) is 4.79 Å². The molecular formula is C17H15N3O2. The van der Waals surface area contributed by atoms with Crippen LogP contribution in [0.3, 0.4) is 0 Å². The van der Waals surface area contributed by atoms with Gasteiger partial charge in [0.25, 0.3) is 0 Å². The number of carbonyl (C=O) groups is 1. The molecule has 0 saturated heterocycles. The molecule has 1 heterocycles. The second kappa shape index (κ2) is 6.22. The summed E-state index contributed by atoms with van der Waals surface area (Å²) in [5.41, 5.74) is 3.52. The van der Waals surface area contributed by atoms with Crippen molar-refractivity contribution in [1.82, 2.24) is 14.8 Å². The Labute approximate surface area is 128 Å². The van der Waals surface area contributed by atoms with Gasteiger partial charge in [-0.2, -0.15) is 5.10 Å². The highest BCUT2D eigenvalue weighted by Crippen LogP contribution is 2.24. The third kappa shape index (κ3) is 2.88. The molecule has 0 bridgehead atoms. The van der Waals surface area contributed by atoms with Crippen molar-refractivity contribution in [2.75, 3.05) is 7.11 Å². The zero-order valence-electron chi connectivity index (χ0n) is 12.1. The van der Waals surface area contributed by atoms with Crippen molar-refractivity contribution in [3.8, 4) is 11.1 Å². The number of rotatable bonds is 4. The van der Waals surface area contributed by atoms with Crippen LogP contribution in [0.5, 0.6) is 0 Å². The van der Waals surface area contributed by atoms with Gasteiger partial charge < -0.3 is 4.74 Å². The predicted octanol–water partition coefficient (Wildman–Crippen LogP) is 2.78. The molecule has 0 fully saturated rings. The molecule has 2 aromatic carbocycles. The smallest absolute Gasteiger partial charge is 0.338 e. The first-order valence-corrected chi connectivity index (χ1v) is 6.87. The third-order valence-corrected chi connectivity index (χ3v) is 3.41. The van der Waals surface area contributed by atoms with Crippen LogP contribution in [0.25, 0.3) is 11.1 Å². The van der Waals surface area contributed by atoms with Crippen LogP contribution in [0.4, 0.5) is 0 Å². The molecule has 0 atom stereocenters. The highest BCUT2D eigenvalue weighted by atomic mass is 16.5. The minimum Gasteiger partial charge on any atom is -0.465 e. The molecule has 0 radical (unpaired) electrons. The SMILES string of the molecule is COC(=O)c1ccccc1-c1ccc(Cn2cncn2)cc1. The summed E-state index contributed by atoms with van der Waals surface area (Å²) in [5, 5.41) is 4.08. The molecule has 0 amide bonds. The van der Waals surface area contributed by atoms with Gasteiger partial charge in [-0.3, -0.25) is 0 Å². The normalized spacial score (nSPS) is 10.4. The van der Waals surface area contributed by atoms with Crippen LogP contribution in [-0.4, -0.2) is 27.8 Å². The third-order valence-electron chi connectivity index (χ3n) is 3.41. The number of ether oxygens (including phenoxy) is 1. The molecule has 3 rings (SSSR count). The maximum absolute atomic E-state index is 11.8. The Morgan fingerprint density at radius 2 is 1.91 bits per heavy atom. The summed E-state index contributed by atoms with van der Waals surface area (Å²) in [7, 11) is 1.39. The van der Waals surface area contributed by atoms with Crippen LogP contribution in [0.15, 0.2) is 61.2 Å². The number of methoxy groups -OCH3 is 1. The van der Waals surface area contributed by atoms with E-state index in [4.69, 9.17) is 4.74 Å². The topological polar surface area (TPSA) is 57.0 Å². The number of nitrogens with zero attached hydrogens (tertiary/aromatic N) is 3. The Hall–Kier alpha value is -2.95. The van der Waals surface area contributed by atoms with Crippen molar-refractivity contribution < 1.29 is 9.53 Å². The summed E-state index contributed by atoms with van der Waals surface area (Å²) < 4.78 is 6.60. The van der Waals surface area contributed by atoms with Gasteiger partial charge in [0.05, 0.1) is 19.2 Å². The van der Waals surface area contributed by atoms with Gasteiger partial charge in [0.2, 0.25) is 0 Å². The molecule has 22 heavy (non-hydrogen) atoms. The molecule has 3 aromatic rings. The van der Waals surface area contributed by atoms with Crippen LogP contribution in [0.2, 0.25) is 0 Å². The fourth-order valence-electron chi connectivity index (χ4n) is 2.31. The minimum absolute atomic E-state index is 0.331. The van der Waals surface area contributed by atoms with Crippen LogP contribution >= 0.6 is 0 Å². The lowest BCUT2D eigenvalue weighted by molar-refractivity contribution is 0.0601. The first-order chi connectivity index (χ1) is 10.8. The Balaban J connectivity index is 1.88. The van der Waals surface area contributed by atoms with Crippen molar-refractivity contribution in [3.05, 3.63) is 72.3 Å². The zero-order valence-corrected chi connectivity index (χ0v) is 12.1. The molecule has 5 nitrogen and oxygen atoms in total. The lowest BCUT2D eigenvalue weighted by Gasteiger charge is -2.09. The Morgan fingerprint density at radius 1 is 1.14 bits per heavy atom. The molecule has 0 aliphatic carbocycles. The maximum atomic E-state index is 11.8. The van der Waals surface area contributed by atoms with Gasteiger partial charge in [-0.1, -0.05) is 42.5 Å². The van der Waals surface area contributed by atoms with E-state index < -0.39 is 0 Å². The van der Waals surface area contributed by atoms with E-state index in [1.54, 1.807) is 17.1 Å². The summed E-state index contributed by atoms with van der Waals surface area (Å²) in [5.74, 6) is -0.331. The van der Waals surface area contributed by atoms with E-state index >= 15 is 0 Å². The summed E-state index contributed by atoms with van der Waals surface area (Å²) >= 11 is 0. The van der Waals surface area contributed by atoms with Crippen molar-refractivity contribution in [2.24, 2.45) is 0 Å². The van der Waals surface area contributed by atoms with Gasteiger partial charge in [-0.05, 0) is 22.8 Å². The average molecular weight is 293 g/mol. The van der Waals surface area contributed by atoms with Crippen LogP contribution in [-0.2, 0) is 11.3 Å². The van der Waals surface area contributed by atoms with Crippen LogP contribution < -0.4 is 0 Å². The van der Waals surface area contributed by atoms with Gasteiger partial charge in [0.1, 0.15) is 12.7 Å². The van der Waals surface area contributed by atoms with E-state index in [0.717, 1.165) is 16.7 Å². The molecule has 0 aliphatic rings. The molecule has 5 heteroatoms. The number of hydrogen-bond acceptors (Lipinski definition) is 4. The molecule has 110 valence electrons. The fourth-order valence-corrected chi connectivity index (χ4v) is 2.31. The van der Waals surface area contributed by atoms with Crippen molar-refractivity contribution in [1.29, 1.82) is 0 Å². The molecule has 1 aromatic heterocycles. The second-order valence-electron chi connectivity index (χ2n) is 4.83. The minimum atomic E-state index is -0.331. The molecule has 0 unspecified atom stereocenters. The number of esters is 1. The van der Waals surface area contributed by atoms with Gasteiger partial charge in [-0.15, -0.1) is 0 Å². The fraction of sp³-hybridized carbons (Fsp3) is 0.118. The van der Waals surface area contributed by atoms with Gasteiger partial charge in [-0.25, -0.2) is 14.5 Å². The summed E-state index contributed by atoms with van der Waals surface area (Å²) in [6.07, 6.45) is 3.20. The van der Waals surface area contributed by atoms with Gasteiger partial charge >= 0.3 is 5.97 Å². The predicted molar refractivity (Wildman–Crippen MR) is 82.3 cm³/mol. The van der Waals surface area contributed by atoms with Crippen molar-refractivity contribution >= 4 is 5.97 Å². The van der Waals surface area contributed by atoms with E-state index in [1.165, 1.54) is 13.4 Å². The van der Waals surface area contributed by atoms with Gasteiger partial charge in [0.15, 0.2) is 0 Å². The van der Waals surface area contributed by atoms with Crippen LogP contribution in [0.1, 0.15) is 15.9 Å².